The first-order chi connectivity index (χ1) is 19.5. The first-order valence-electron chi connectivity index (χ1n) is 14.0. The highest BCUT2D eigenvalue weighted by Crippen LogP contribution is 2.46. The summed E-state index contributed by atoms with van der Waals surface area (Å²) in [5.41, 5.74) is 2.80. The number of hydrogen-bond donors (Lipinski definition) is 1. The molecule has 1 aliphatic carbocycles. The normalized spacial score (nSPS) is 19.7. The third kappa shape index (κ3) is 5.48. The second-order valence-corrected chi connectivity index (χ2v) is 14.1. The van der Waals surface area contributed by atoms with Gasteiger partial charge in [-0.05, 0) is 54.8 Å². The Morgan fingerprint density at radius 3 is 2.63 bits per heavy atom. The lowest BCUT2D eigenvalue weighted by Gasteiger charge is -2.48. The second kappa shape index (κ2) is 10.1. The van der Waals surface area contributed by atoms with Gasteiger partial charge in [-0.25, -0.2) is 23.4 Å². The van der Waals surface area contributed by atoms with Crippen molar-refractivity contribution in [3.63, 3.8) is 0 Å². The van der Waals surface area contributed by atoms with Crippen molar-refractivity contribution in [3.8, 4) is 17.5 Å². The van der Waals surface area contributed by atoms with Crippen LogP contribution in [-0.2, 0) is 16.4 Å². The monoisotopic (exact) mass is 570 g/mol. The Morgan fingerprint density at radius 1 is 1.15 bits per heavy atom. The molecular weight excluding hydrogens is 536 g/mol. The van der Waals surface area contributed by atoms with Gasteiger partial charge in [0.15, 0.2) is 5.82 Å². The molecule has 10 nitrogen and oxygen atoms in total. The van der Waals surface area contributed by atoms with Crippen molar-refractivity contribution in [2.75, 3.05) is 28.8 Å². The van der Waals surface area contributed by atoms with Gasteiger partial charge in [0, 0.05) is 54.4 Å². The highest BCUT2D eigenvalue weighted by atomic mass is 32.2. The van der Waals surface area contributed by atoms with Crippen LogP contribution in [0.2, 0.25) is 0 Å². The summed E-state index contributed by atoms with van der Waals surface area (Å²) in [5, 5.41) is 19.3. The zero-order valence-corrected chi connectivity index (χ0v) is 24.6. The van der Waals surface area contributed by atoms with E-state index in [4.69, 9.17) is 9.97 Å². The Bertz CT molecular complexity index is 1770. The molecule has 1 saturated heterocycles. The highest BCUT2D eigenvalue weighted by molar-refractivity contribution is 7.90. The van der Waals surface area contributed by atoms with E-state index in [0.717, 1.165) is 34.9 Å². The van der Waals surface area contributed by atoms with Gasteiger partial charge in [-0.15, -0.1) is 0 Å². The van der Waals surface area contributed by atoms with Crippen LogP contribution in [0.3, 0.4) is 0 Å². The van der Waals surface area contributed by atoms with Gasteiger partial charge in [0.1, 0.15) is 21.5 Å². The van der Waals surface area contributed by atoms with E-state index in [9.17, 15) is 13.7 Å². The quantitative estimate of drug-likeness (QED) is 0.298. The number of aromatic nitrogens is 5. The van der Waals surface area contributed by atoms with Crippen LogP contribution in [0.4, 0.5) is 17.3 Å². The number of nitrogens with zero attached hydrogens (tertiary/aromatic N) is 7. The molecule has 11 heteroatoms. The molecule has 6 rings (SSSR count). The fourth-order valence-corrected chi connectivity index (χ4v) is 6.85. The lowest BCUT2D eigenvalue weighted by Crippen LogP contribution is -2.57. The zero-order valence-electron chi connectivity index (χ0n) is 23.7. The van der Waals surface area contributed by atoms with E-state index >= 15 is 0 Å². The number of fused-ring (bicyclic) bond motifs is 1. The van der Waals surface area contributed by atoms with Gasteiger partial charge >= 0.3 is 0 Å². The fourth-order valence-electron chi connectivity index (χ4n) is 5.69. The van der Waals surface area contributed by atoms with E-state index in [0.29, 0.717) is 36.5 Å². The fraction of sp³-hybridized carbons (Fsp3) is 0.433. The smallest absolute Gasteiger partial charge is 0.164 e. The first-order valence-corrected chi connectivity index (χ1v) is 16.0. The molecule has 2 fully saturated rings. The maximum Gasteiger partial charge on any atom is 0.164 e. The van der Waals surface area contributed by atoms with Gasteiger partial charge in [-0.2, -0.15) is 10.4 Å². The van der Waals surface area contributed by atoms with E-state index in [1.807, 2.05) is 12.4 Å². The summed E-state index contributed by atoms with van der Waals surface area (Å²) in [6.45, 7) is 7.73. The maximum absolute atomic E-state index is 11.8. The standard InChI is InChI=1S/C30H34N8O2S/c1-19(2)23-5-6-26(38-15-22(20(38)3)16-41(4,39)40)25-13-33-28(11-24(23)25)35-27-7-10-32-29(36-27)21-12-34-37(14-21)18-30(17-31)8-9-30/h5-7,10-14,19-20,22H,8-9,15-16,18H2,1-4H3,(H,32,33,35,36)/t20-,22-/m1/s1. The molecule has 0 spiro atoms. The summed E-state index contributed by atoms with van der Waals surface area (Å²) in [6, 6.07) is 10.7. The number of benzene rings is 1. The molecule has 0 amide bonds. The Balaban J connectivity index is 1.25. The Morgan fingerprint density at radius 2 is 1.95 bits per heavy atom. The molecule has 1 saturated carbocycles. The van der Waals surface area contributed by atoms with Gasteiger partial charge in [0.25, 0.3) is 0 Å². The maximum atomic E-state index is 11.8. The molecule has 2 aliphatic rings. The Hall–Kier alpha value is -4.04. The number of sulfone groups is 1. The van der Waals surface area contributed by atoms with Crippen LogP contribution in [0.5, 0.6) is 0 Å². The van der Waals surface area contributed by atoms with E-state index in [2.05, 4.69) is 65.3 Å². The van der Waals surface area contributed by atoms with Gasteiger partial charge in [-0.1, -0.05) is 19.9 Å². The minimum absolute atomic E-state index is 0.124. The van der Waals surface area contributed by atoms with E-state index in [-0.39, 0.29) is 23.1 Å². The molecule has 4 heterocycles. The van der Waals surface area contributed by atoms with Gasteiger partial charge in [-0.3, -0.25) is 4.68 Å². The predicted octanol–water partition coefficient (Wildman–Crippen LogP) is 4.93. The van der Waals surface area contributed by atoms with Crippen molar-refractivity contribution >= 4 is 37.9 Å². The van der Waals surface area contributed by atoms with Crippen molar-refractivity contribution in [3.05, 3.63) is 54.6 Å². The summed E-state index contributed by atoms with van der Waals surface area (Å²) in [6.07, 6.45) is 10.3. The molecular formula is C30H34N8O2S. The van der Waals surface area contributed by atoms with Crippen LogP contribution in [0.25, 0.3) is 22.2 Å². The summed E-state index contributed by atoms with van der Waals surface area (Å²) >= 11 is 0. The lowest BCUT2D eigenvalue weighted by molar-refractivity contribution is 0.342. The van der Waals surface area contributed by atoms with Crippen LogP contribution in [-0.4, -0.2) is 57.7 Å². The third-order valence-corrected chi connectivity index (χ3v) is 9.36. The molecule has 0 unspecified atom stereocenters. The lowest BCUT2D eigenvalue weighted by atomic mass is 9.88. The molecule has 0 radical (unpaired) electrons. The Kier molecular flexibility index (Phi) is 6.69. The SMILES string of the molecule is CC(C)c1ccc(N2C[C@H](CS(C)(=O)=O)[C@H]2C)c2cnc(Nc3ccnc(-c4cnn(CC5(C#N)CC5)c4)n3)cc12. The summed E-state index contributed by atoms with van der Waals surface area (Å²) in [5.74, 6) is 2.48. The minimum Gasteiger partial charge on any atom is -0.368 e. The first kappa shape index (κ1) is 27.1. The molecule has 2 atom stereocenters. The van der Waals surface area contributed by atoms with E-state index in [1.54, 1.807) is 23.1 Å². The number of anilines is 3. The number of nitrogens with one attached hydrogen (secondary N) is 1. The molecule has 1 aromatic carbocycles. The topological polar surface area (TPSA) is 130 Å². The molecule has 0 bridgehead atoms. The van der Waals surface area contributed by atoms with Crippen molar-refractivity contribution in [1.82, 2.24) is 24.7 Å². The molecule has 212 valence electrons. The van der Waals surface area contributed by atoms with Gasteiger partial charge in [0.2, 0.25) is 0 Å². The molecule has 41 heavy (non-hydrogen) atoms. The van der Waals surface area contributed by atoms with Gasteiger partial charge < -0.3 is 10.2 Å². The molecule has 4 aromatic rings. The van der Waals surface area contributed by atoms with Crippen LogP contribution in [0.1, 0.15) is 45.1 Å². The largest absolute Gasteiger partial charge is 0.368 e. The summed E-state index contributed by atoms with van der Waals surface area (Å²) < 4.78 is 25.5. The van der Waals surface area contributed by atoms with E-state index in [1.165, 1.54) is 11.8 Å². The molecule has 1 N–H and O–H groups in total. The predicted molar refractivity (Wildman–Crippen MR) is 160 cm³/mol. The summed E-state index contributed by atoms with van der Waals surface area (Å²) in [7, 11) is -3.02. The van der Waals surface area contributed by atoms with Crippen LogP contribution in [0.15, 0.2) is 49.1 Å². The number of pyridine rings is 1. The number of rotatable bonds is 9. The van der Waals surface area contributed by atoms with E-state index < -0.39 is 9.84 Å². The van der Waals surface area contributed by atoms with Crippen molar-refractivity contribution in [2.24, 2.45) is 11.3 Å². The van der Waals surface area contributed by atoms with Crippen LogP contribution < -0.4 is 10.2 Å². The average Bonchev–Trinajstić information content (AvgIpc) is 3.56. The number of hydrogen-bond acceptors (Lipinski definition) is 9. The third-order valence-electron chi connectivity index (χ3n) is 8.32. The van der Waals surface area contributed by atoms with Crippen LogP contribution >= 0.6 is 0 Å². The average molecular weight is 571 g/mol. The van der Waals surface area contributed by atoms with Crippen LogP contribution in [0, 0.1) is 22.7 Å². The Labute approximate surface area is 240 Å². The second-order valence-electron chi connectivity index (χ2n) is 11.9. The van der Waals surface area contributed by atoms with Crippen molar-refractivity contribution in [1.29, 1.82) is 5.26 Å². The van der Waals surface area contributed by atoms with Crippen molar-refractivity contribution < 1.29 is 8.42 Å². The molecule has 3 aromatic heterocycles. The minimum atomic E-state index is -3.02. The summed E-state index contributed by atoms with van der Waals surface area (Å²) in [4.78, 5) is 16.1. The zero-order chi connectivity index (χ0) is 28.9. The number of nitriles is 1. The van der Waals surface area contributed by atoms with Crippen molar-refractivity contribution in [2.45, 2.75) is 52.1 Å². The van der Waals surface area contributed by atoms with Gasteiger partial charge in [0.05, 0.1) is 35.5 Å². The molecule has 1 aliphatic heterocycles. The highest BCUT2D eigenvalue weighted by Gasteiger charge is 2.43.